The number of fused-ring (bicyclic) bond motifs is 1. The normalized spacial score (nSPS) is 17.0. The summed E-state index contributed by atoms with van der Waals surface area (Å²) >= 11 is 0. The maximum Gasteiger partial charge on any atom is 0.257 e. The van der Waals surface area contributed by atoms with Crippen LogP contribution in [0.3, 0.4) is 0 Å². The van der Waals surface area contributed by atoms with Gasteiger partial charge in [-0.05, 0) is 49.6 Å². The lowest BCUT2D eigenvalue weighted by atomic mass is 10.1. The first kappa shape index (κ1) is 18.9. The third-order valence-electron chi connectivity index (χ3n) is 6.27. The topological polar surface area (TPSA) is 39.7 Å². The summed E-state index contributed by atoms with van der Waals surface area (Å²) in [5.41, 5.74) is 4.22. The molecule has 1 amide bonds. The summed E-state index contributed by atoms with van der Waals surface area (Å²) < 4.78 is 0. The fourth-order valence-electron chi connectivity index (χ4n) is 4.60. The maximum atomic E-state index is 13.6. The molecule has 3 aromatic rings. The minimum atomic E-state index is 0.110. The number of hydrogen-bond donors (Lipinski definition) is 0. The molecule has 2 aliphatic rings. The van der Waals surface area contributed by atoms with E-state index >= 15 is 0 Å². The fourth-order valence-corrected chi connectivity index (χ4v) is 4.60. The monoisotopic (exact) mass is 400 g/mol. The molecule has 3 heterocycles. The van der Waals surface area contributed by atoms with Gasteiger partial charge in [0.05, 0.1) is 11.1 Å². The number of piperazine rings is 1. The second kappa shape index (κ2) is 7.98. The standard InChI is InChI=1S/C25H28N4O/c1-19-7-6-9-21(17-19)27-13-15-29(16-14-27)25(30)22-18-20-8-2-3-10-23(20)26-24(22)28-11-4-5-12-28/h2-3,6-10,17-18H,4-5,11-16H2,1H3. The molecule has 0 N–H and O–H groups in total. The number of carbonyl (C=O) groups excluding carboxylic acids is 1. The van der Waals surface area contributed by atoms with E-state index in [1.165, 1.54) is 11.3 Å². The van der Waals surface area contributed by atoms with Crippen molar-refractivity contribution in [2.24, 2.45) is 0 Å². The van der Waals surface area contributed by atoms with Gasteiger partial charge in [-0.3, -0.25) is 4.79 Å². The second-order valence-electron chi connectivity index (χ2n) is 8.36. The molecule has 0 atom stereocenters. The number of anilines is 2. The van der Waals surface area contributed by atoms with Crippen molar-refractivity contribution in [2.45, 2.75) is 19.8 Å². The van der Waals surface area contributed by atoms with Gasteiger partial charge in [0.2, 0.25) is 0 Å². The van der Waals surface area contributed by atoms with Crippen molar-refractivity contribution in [3.05, 3.63) is 65.7 Å². The lowest BCUT2D eigenvalue weighted by molar-refractivity contribution is 0.0747. The van der Waals surface area contributed by atoms with E-state index in [4.69, 9.17) is 4.98 Å². The van der Waals surface area contributed by atoms with Gasteiger partial charge in [-0.15, -0.1) is 0 Å². The van der Waals surface area contributed by atoms with E-state index in [1.807, 2.05) is 35.2 Å². The van der Waals surface area contributed by atoms with Crippen molar-refractivity contribution >= 4 is 28.3 Å². The zero-order valence-corrected chi connectivity index (χ0v) is 17.6. The van der Waals surface area contributed by atoms with Gasteiger partial charge in [-0.25, -0.2) is 4.98 Å². The Morgan fingerprint density at radius 1 is 0.833 bits per heavy atom. The zero-order valence-electron chi connectivity index (χ0n) is 17.6. The molecule has 2 aliphatic heterocycles. The van der Waals surface area contributed by atoms with E-state index in [2.05, 4.69) is 41.0 Å². The molecule has 2 saturated heterocycles. The lowest BCUT2D eigenvalue weighted by Gasteiger charge is -2.36. The van der Waals surface area contributed by atoms with Crippen LogP contribution in [-0.2, 0) is 0 Å². The van der Waals surface area contributed by atoms with E-state index in [0.29, 0.717) is 0 Å². The molecule has 5 heteroatoms. The molecule has 154 valence electrons. The Morgan fingerprint density at radius 2 is 1.60 bits per heavy atom. The number of hydrogen-bond acceptors (Lipinski definition) is 4. The summed E-state index contributed by atoms with van der Waals surface area (Å²) in [5, 5.41) is 1.03. The van der Waals surface area contributed by atoms with Gasteiger partial charge in [-0.2, -0.15) is 0 Å². The van der Waals surface area contributed by atoms with E-state index in [9.17, 15) is 4.79 Å². The predicted octanol–water partition coefficient (Wildman–Crippen LogP) is 4.11. The van der Waals surface area contributed by atoms with Crippen LogP contribution < -0.4 is 9.80 Å². The van der Waals surface area contributed by atoms with Gasteiger partial charge in [0, 0.05) is 50.3 Å². The molecule has 0 unspecified atom stereocenters. The fraction of sp³-hybridized carbons (Fsp3) is 0.360. The molecule has 30 heavy (non-hydrogen) atoms. The van der Waals surface area contributed by atoms with Gasteiger partial charge >= 0.3 is 0 Å². The van der Waals surface area contributed by atoms with Crippen LogP contribution >= 0.6 is 0 Å². The van der Waals surface area contributed by atoms with E-state index in [0.717, 1.165) is 74.4 Å². The van der Waals surface area contributed by atoms with Crippen LogP contribution in [0.15, 0.2) is 54.6 Å². The van der Waals surface area contributed by atoms with Crippen molar-refractivity contribution in [3.8, 4) is 0 Å². The summed E-state index contributed by atoms with van der Waals surface area (Å²) in [4.78, 5) is 25.1. The maximum absolute atomic E-state index is 13.6. The van der Waals surface area contributed by atoms with Gasteiger partial charge in [0.15, 0.2) is 0 Å². The first-order chi connectivity index (χ1) is 14.7. The number of pyridine rings is 1. The highest BCUT2D eigenvalue weighted by Crippen LogP contribution is 2.28. The predicted molar refractivity (Wildman–Crippen MR) is 122 cm³/mol. The average molecular weight is 401 g/mol. The molecular weight excluding hydrogens is 372 g/mol. The van der Waals surface area contributed by atoms with E-state index in [-0.39, 0.29) is 5.91 Å². The molecule has 0 spiro atoms. The van der Waals surface area contributed by atoms with Crippen molar-refractivity contribution in [3.63, 3.8) is 0 Å². The third kappa shape index (κ3) is 3.60. The number of carbonyl (C=O) groups is 1. The molecule has 5 rings (SSSR count). The average Bonchev–Trinajstić information content (AvgIpc) is 3.33. The first-order valence-corrected chi connectivity index (χ1v) is 10.9. The highest BCUT2D eigenvalue weighted by Gasteiger charge is 2.27. The molecule has 0 aliphatic carbocycles. The molecule has 2 aromatic carbocycles. The molecule has 1 aromatic heterocycles. The quantitative estimate of drug-likeness (QED) is 0.663. The molecule has 2 fully saturated rings. The Balaban J connectivity index is 1.40. The summed E-state index contributed by atoms with van der Waals surface area (Å²) in [5.74, 6) is 0.969. The van der Waals surface area contributed by atoms with Crippen molar-refractivity contribution < 1.29 is 4.79 Å². The molecule has 5 nitrogen and oxygen atoms in total. The highest BCUT2D eigenvalue weighted by molar-refractivity contribution is 6.02. The van der Waals surface area contributed by atoms with Crippen LogP contribution in [0.2, 0.25) is 0 Å². The Hall–Kier alpha value is -3.08. The van der Waals surface area contributed by atoms with Crippen LogP contribution in [0.1, 0.15) is 28.8 Å². The third-order valence-corrected chi connectivity index (χ3v) is 6.27. The van der Waals surface area contributed by atoms with Gasteiger partial charge < -0.3 is 14.7 Å². The van der Waals surface area contributed by atoms with Crippen LogP contribution in [0, 0.1) is 6.92 Å². The van der Waals surface area contributed by atoms with Gasteiger partial charge in [-0.1, -0.05) is 30.3 Å². The summed E-state index contributed by atoms with van der Waals surface area (Å²) in [6, 6.07) is 18.7. The van der Waals surface area contributed by atoms with Crippen molar-refractivity contribution in [2.75, 3.05) is 49.1 Å². The minimum absolute atomic E-state index is 0.110. The Labute approximate surface area is 177 Å². The number of nitrogens with zero attached hydrogens (tertiary/aromatic N) is 4. The second-order valence-corrected chi connectivity index (χ2v) is 8.36. The minimum Gasteiger partial charge on any atom is -0.368 e. The SMILES string of the molecule is Cc1cccc(N2CCN(C(=O)c3cc4ccccc4nc3N3CCCC3)CC2)c1. The Bertz CT molecular complexity index is 1070. The summed E-state index contributed by atoms with van der Waals surface area (Å²) in [6.45, 7) is 7.26. The van der Waals surface area contributed by atoms with Crippen LogP contribution in [0.4, 0.5) is 11.5 Å². The van der Waals surface area contributed by atoms with E-state index < -0.39 is 0 Å². The first-order valence-electron chi connectivity index (χ1n) is 10.9. The number of rotatable bonds is 3. The smallest absolute Gasteiger partial charge is 0.257 e. The molecule has 0 bridgehead atoms. The summed E-state index contributed by atoms with van der Waals surface area (Å²) in [6.07, 6.45) is 2.33. The Kier molecular flexibility index (Phi) is 5.03. The number of amides is 1. The number of para-hydroxylation sites is 1. The number of aromatic nitrogens is 1. The van der Waals surface area contributed by atoms with Gasteiger partial charge in [0.1, 0.15) is 5.82 Å². The Morgan fingerprint density at radius 3 is 2.37 bits per heavy atom. The van der Waals surface area contributed by atoms with Crippen LogP contribution in [0.25, 0.3) is 10.9 Å². The van der Waals surface area contributed by atoms with Gasteiger partial charge in [0.25, 0.3) is 5.91 Å². The van der Waals surface area contributed by atoms with E-state index in [1.54, 1.807) is 0 Å². The molecule has 0 radical (unpaired) electrons. The van der Waals surface area contributed by atoms with Crippen molar-refractivity contribution in [1.29, 1.82) is 0 Å². The van der Waals surface area contributed by atoms with Crippen molar-refractivity contribution in [1.82, 2.24) is 9.88 Å². The van der Waals surface area contributed by atoms with Crippen LogP contribution in [-0.4, -0.2) is 55.1 Å². The summed E-state index contributed by atoms with van der Waals surface area (Å²) in [7, 11) is 0. The number of benzene rings is 2. The lowest BCUT2D eigenvalue weighted by Crippen LogP contribution is -2.49. The number of aryl methyl sites for hydroxylation is 1. The largest absolute Gasteiger partial charge is 0.368 e. The van der Waals surface area contributed by atoms with Crippen LogP contribution in [0.5, 0.6) is 0 Å². The molecule has 0 saturated carbocycles. The molecular formula is C25H28N4O. The highest BCUT2D eigenvalue weighted by atomic mass is 16.2. The zero-order chi connectivity index (χ0) is 20.5.